The summed E-state index contributed by atoms with van der Waals surface area (Å²) in [5, 5.41) is 4.18. The van der Waals surface area contributed by atoms with Crippen molar-refractivity contribution in [2.24, 2.45) is 0 Å². The summed E-state index contributed by atoms with van der Waals surface area (Å²) in [5.41, 5.74) is 4.33. The van der Waals surface area contributed by atoms with Gasteiger partial charge in [0, 0.05) is 23.8 Å². The van der Waals surface area contributed by atoms with Gasteiger partial charge >= 0.3 is 0 Å². The summed E-state index contributed by atoms with van der Waals surface area (Å²) in [5.74, 6) is 1.84. The zero-order valence-corrected chi connectivity index (χ0v) is 16.8. The Kier molecular flexibility index (Phi) is 5.33. The number of piperidine rings is 1. The second-order valence-corrected chi connectivity index (χ2v) is 7.39. The van der Waals surface area contributed by atoms with Crippen LogP contribution in [0.15, 0.2) is 47.0 Å². The van der Waals surface area contributed by atoms with Crippen LogP contribution < -0.4 is 9.64 Å². The topological polar surface area (TPSA) is 51.4 Å². The number of para-hydroxylation sites is 1. The van der Waals surface area contributed by atoms with Crippen LogP contribution in [0.4, 0.5) is 5.69 Å². The van der Waals surface area contributed by atoms with E-state index in [2.05, 4.69) is 47.1 Å². The third-order valence-corrected chi connectivity index (χ3v) is 5.41. The lowest BCUT2D eigenvalue weighted by Gasteiger charge is -2.36. The summed E-state index contributed by atoms with van der Waals surface area (Å²) >= 11 is 0. The van der Waals surface area contributed by atoms with Gasteiger partial charge in [-0.1, -0.05) is 17.3 Å². The molecule has 3 aromatic rings. The van der Waals surface area contributed by atoms with Gasteiger partial charge in [0.25, 0.3) is 5.89 Å². The Hall–Kier alpha value is -2.82. The van der Waals surface area contributed by atoms with E-state index in [1.165, 1.54) is 30.5 Å². The largest absolute Gasteiger partial charge is 0.493 e. The van der Waals surface area contributed by atoms with E-state index in [4.69, 9.17) is 9.26 Å². The Bertz CT molecular complexity index is 951. The summed E-state index contributed by atoms with van der Waals surface area (Å²) < 4.78 is 11.3. The van der Waals surface area contributed by atoms with Gasteiger partial charge < -0.3 is 14.2 Å². The normalized spacial score (nSPS) is 17.0. The number of ether oxygens (including phenoxy) is 1. The number of hydrogen-bond acceptors (Lipinski definition) is 5. The molecule has 0 amide bonds. The molecule has 2 aromatic carbocycles. The van der Waals surface area contributed by atoms with Gasteiger partial charge in [0.1, 0.15) is 5.75 Å². The van der Waals surface area contributed by atoms with E-state index in [1.807, 2.05) is 31.2 Å². The fourth-order valence-electron chi connectivity index (χ4n) is 3.95. The average Bonchev–Trinajstić information content (AvgIpc) is 3.19. The highest BCUT2D eigenvalue weighted by molar-refractivity contribution is 5.68. The Morgan fingerprint density at radius 2 is 2.04 bits per heavy atom. The summed E-state index contributed by atoms with van der Waals surface area (Å²) in [6, 6.07) is 14.8. The molecule has 1 fully saturated rings. The van der Waals surface area contributed by atoms with Crippen LogP contribution in [-0.4, -0.2) is 29.3 Å². The lowest BCUT2D eigenvalue weighted by molar-refractivity contribution is 0.341. The summed E-state index contributed by atoms with van der Waals surface area (Å²) in [7, 11) is 0. The molecule has 1 aliphatic rings. The van der Waals surface area contributed by atoms with E-state index in [9.17, 15) is 0 Å². The summed E-state index contributed by atoms with van der Waals surface area (Å²) in [4.78, 5) is 7.13. The second-order valence-electron chi connectivity index (χ2n) is 7.39. The molecule has 146 valence electrons. The van der Waals surface area contributed by atoms with Crippen LogP contribution in [-0.2, 0) is 0 Å². The van der Waals surface area contributed by atoms with Crippen LogP contribution in [0.3, 0.4) is 0 Å². The van der Waals surface area contributed by atoms with Gasteiger partial charge in [0.05, 0.1) is 12.2 Å². The van der Waals surface area contributed by atoms with Gasteiger partial charge in [-0.3, -0.25) is 0 Å². The van der Waals surface area contributed by atoms with Crippen molar-refractivity contribution in [1.82, 2.24) is 10.1 Å². The SMILES string of the molecule is CCOc1ccccc1-c1noc(-c2ccc(N3CCCCC3C)c(C)c2)n1. The molecule has 0 spiro atoms. The first-order valence-corrected chi connectivity index (χ1v) is 10.1. The highest BCUT2D eigenvalue weighted by Crippen LogP contribution is 2.33. The van der Waals surface area contributed by atoms with E-state index in [0.717, 1.165) is 23.4 Å². The average molecular weight is 377 g/mol. The molecule has 0 radical (unpaired) electrons. The summed E-state index contributed by atoms with van der Waals surface area (Å²) in [6.45, 7) is 8.15. The standard InChI is InChI=1S/C23H27N3O2/c1-4-27-21-11-6-5-10-19(21)22-24-23(28-25-22)18-12-13-20(16(2)15-18)26-14-8-7-9-17(26)3/h5-6,10-13,15,17H,4,7-9,14H2,1-3H3. The molecule has 0 bridgehead atoms. The number of nitrogens with zero attached hydrogens (tertiary/aromatic N) is 3. The van der Waals surface area contributed by atoms with Crippen molar-refractivity contribution in [2.75, 3.05) is 18.1 Å². The summed E-state index contributed by atoms with van der Waals surface area (Å²) in [6.07, 6.45) is 3.84. The molecule has 28 heavy (non-hydrogen) atoms. The van der Waals surface area contributed by atoms with Crippen molar-refractivity contribution < 1.29 is 9.26 Å². The third-order valence-electron chi connectivity index (χ3n) is 5.41. The van der Waals surface area contributed by atoms with Gasteiger partial charge in [-0.15, -0.1) is 0 Å². The Labute approximate surface area is 166 Å². The zero-order chi connectivity index (χ0) is 19.5. The second kappa shape index (κ2) is 8.05. The van der Waals surface area contributed by atoms with Crippen LogP contribution in [0.2, 0.25) is 0 Å². The van der Waals surface area contributed by atoms with E-state index >= 15 is 0 Å². The maximum absolute atomic E-state index is 5.69. The molecule has 5 heteroatoms. The molecular formula is C23H27N3O2. The van der Waals surface area contributed by atoms with Crippen molar-refractivity contribution in [1.29, 1.82) is 0 Å². The van der Waals surface area contributed by atoms with Crippen molar-refractivity contribution in [3.8, 4) is 28.6 Å². The lowest BCUT2D eigenvalue weighted by Crippen LogP contribution is -2.37. The molecule has 0 N–H and O–H groups in total. The maximum Gasteiger partial charge on any atom is 0.258 e. The van der Waals surface area contributed by atoms with Crippen molar-refractivity contribution in [3.05, 3.63) is 48.0 Å². The molecule has 5 nitrogen and oxygen atoms in total. The molecule has 0 aliphatic carbocycles. The monoisotopic (exact) mass is 377 g/mol. The molecule has 1 aliphatic heterocycles. The lowest BCUT2D eigenvalue weighted by atomic mass is 10.0. The predicted molar refractivity (Wildman–Crippen MR) is 112 cm³/mol. The van der Waals surface area contributed by atoms with Crippen molar-refractivity contribution in [2.45, 2.75) is 46.1 Å². The molecule has 1 aromatic heterocycles. The minimum Gasteiger partial charge on any atom is -0.493 e. The molecule has 2 heterocycles. The number of aryl methyl sites for hydroxylation is 1. The molecule has 1 unspecified atom stereocenters. The Morgan fingerprint density at radius 3 is 2.82 bits per heavy atom. The molecular weight excluding hydrogens is 350 g/mol. The van der Waals surface area contributed by atoms with Crippen LogP contribution in [0, 0.1) is 6.92 Å². The number of aromatic nitrogens is 2. The van der Waals surface area contributed by atoms with Crippen molar-refractivity contribution in [3.63, 3.8) is 0 Å². The van der Waals surface area contributed by atoms with Gasteiger partial charge in [-0.25, -0.2) is 0 Å². The van der Waals surface area contributed by atoms with Gasteiger partial charge in [-0.05, 0) is 75.9 Å². The number of hydrogen-bond donors (Lipinski definition) is 0. The molecule has 1 saturated heterocycles. The van der Waals surface area contributed by atoms with E-state index in [0.29, 0.717) is 24.4 Å². The smallest absolute Gasteiger partial charge is 0.258 e. The van der Waals surface area contributed by atoms with Gasteiger partial charge in [-0.2, -0.15) is 4.98 Å². The number of benzene rings is 2. The predicted octanol–water partition coefficient (Wildman–Crippen LogP) is 5.49. The maximum atomic E-state index is 5.69. The van der Waals surface area contributed by atoms with E-state index in [1.54, 1.807) is 0 Å². The van der Waals surface area contributed by atoms with E-state index in [-0.39, 0.29) is 0 Å². The van der Waals surface area contributed by atoms with Crippen LogP contribution in [0.5, 0.6) is 5.75 Å². The Balaban J connectivity index is 1.62. The highest BCUT2D eigenvalue weighted by Gasteiger charge is 2.21. The van der Waals surface area contributed by atoms with Crippen LogP contribution in [0.25, 0.3) is 22.8 Å². The van der Waals surface area contributed by atoms with E-state index < -0.39 is 0 Å². The first kappa shape index (κ1) is 18.5. The van der Waals surface area contributed by atoms with Gasteiger partial charge in [0.2, 0.25) is 5.82 Å². The molecule has 1 atom stereocenters. The number of anilines is 1. The Morgan fingerprint density at radius 1 is 1.18 bits per heavy atom. The fraction of sp³-hybridized carbons (Fsp3) is 0.391. The third kappa shape index (κ3) is 3.61. The fourth-order valence-corrected chi connectivity index (χ4v) is 3.95. The molecule has 0 saturated carbocycles. The first-order chi connectivity index (χ1) is 13.7. The number of rotatable bonds is 5. The highest BCUT2D eigenvalue weighted by atomic mass is 16.5. The molecule has 4 rings (SSSR count). The van der Waals surface area contributed by atoms with Gasteiger partial charge in [0.15, 0.2) is 0 Å². The van der Waals surface area contributed by atoms with Crippen LogP contribution in [0.1, 0.15) is 38.7 Å². The quantitative estimate of drug-likeness (QED) is 0.588. The minimum atomic E-state index is 0.530. The van der Waals surface area contributed by atoms with Crippen LogP contribution >= 0.6 is 0 Å². The minimum absolute atomic E-state index is 0.530. The zero-order valence-electron chi connectivity index (χ0n) is 16.8. The first-order valence-electron chi connectivity index (χ1n) is 10.1. The van der Waals surface area contributed by atoms with Crippen molar-refractivity contribution >= 4 is 5.69 Å².